The number of ether oxygens (including phenoxy) is 3. The molecule has 1 N–H and O–H groups in total. The van der Waals surface area contributed by atoms with E-state index in [0.717, 1.165) is 41.6 Å². The lowest BCUT2D eigenvalue weighted by Gasteiger charge is -2.20. The van der Waals surface area contributed by atoms with Crippen molar-refractivity contribution >= 4 is 0 Å². The molecule has 3 aromatic rings. The molecule has 1 saturated heterocycles. The molecule has 1 aromatic heterocycles. The smallest absolute Gasteiger partial charge is 0.251 e. The molecular weight excluding hydrogens is 406 g/mol. The van der Waals surface area contributed by atoms with Crippen LogP contribution in [0.1, 0.15) is 34.5 Å². The highest BCUT2D eigenvalue weighted by atomic mass is 16.5. The van der Waals surface area contributed by atoms with E-state index in [2.05, 4.69) is 27.0 Å². The number of aryl methyl sites for hydroxylation is 1. The second-order valence-corrected chi connectivity index (χ2v) is 8.08. The number of aromatic nitrogens is 2. The van der Waals surface area contributed by atoms with Gasteiger partial charge in [-0.15, -0.1) is 0 Å². The van der Waals surface area contributed by atoms with Crippen molar-refractivity contribution in [2.75, 3.05) is 34.4 Å². The summed E-state index contributed by atoms with van der Waals surface area (Å²) < 4.78 is 16.5. The van der Waals surface area contributed by atoms with Crippen LogP contribution in [-0.4, -0.2) is 49.3 Å². The number of likely N-dealkylation sites (tertiary alicyclic amines) is 1. The molecule has 1 aliphatic heterocycles. The molecule has 2 aromatic carbocycles. The molecule has 7 nitrogen and oxygen atoms in total. The maximum atomic E-state index is 12.2. The molecule has 1 aliphatic rings. The first-order valence-corrected chi connectivity index (χ1v) is 10.7. The molecule has 0 radical (unpaired) electrons. The van der Waals surface area contributed by atoms with Gasteiger partial charge in [0, 0.05) is 37.5 Å². The number of hydrogen-bond donors (Lipinski definition) is 1. The van der Waals surface area contributed by atoms with Crippen molar-refractivity contribution in [3.8, 4) is 17.2 Å². The van der Waals surface area contributed by atoms with Gasteiger partial charge in [-0.25, -0.2) is 4.98 Å². The minimum absolute atomic E-state index is 0.0881. The highest BCUT2D eigenvalue weighted by molar-refractivity contribution is 5.45. The molecule has 168 valence electrons. The molecule has 7 heteroatoms. The normalized spacial score (nSPS) is 18.5. The van der Waals surface area contributed by atoms with Crippen LogP contribution >= 0.6 is 0 Å². The average Bonchev–Trinajstić information content (AvgIpc) is 3.22. The first-order valence-electron chi connectivity index (χ1n) is 10.7. The first-order chi connectivity index (χ1) is 15.5. The van der Waals surface area contributed by atoms with Crippen LogP contribution in [0.25, 0.3) is 0 Å². The first kappa shape index (κ1) is 21.9. The largest absolute Gasteiger partial charge is 0.497 e. The van der Waals surface area contributed by atoms with Gasteiger partial charge >= 0.3 is 0 Å². The van der Waals surface area contributed by atoms with Crippen LogP contribution in [0.5, 0.6) is 17.2 Å². The van der Waals surface area contributed by atoms with E-state index < -0.39 is 0 Å². The van der Waals surface area contributed by atoms with Gasteiger partial charge < -0.3 is 19.2 Å². The van der Waals surface area contributed by atoms with E-state index >= 15 is 0 Å². The molecule has 0 unspecified atom stereocenters. The number of H-pyrrole nitrogens is 1. The van der Waals surface area contributed by atoms with Gasteiger partial charge in [-0.1, -0.05) is 18.2 Å². The fourth-order valence-corrected chi connectivity index (χ4v) is 4.60. The summed E-state index contributed by atoms with van der Waals surface area (Å²) in [7, 11) is 5.01. The molecule has 0 amide bonds. The molecule has 32 heavy (non-hydrogen) atoms. The number of nitrogens with one attached hydrogen (secondary N) is 1. The van der Waals surface area contributed by atoms with Crippen LogP contribution in [0.15, 0.2) is 53.3 Å². The molecule has 0 saturated carbocycles. The zero-order valence-corrected chi connectivity index (χ0v) is 18.9. The van der Waals surface area contributed by atoms with Gasteiger partial charge in [-0.2, -0.15) is 0 Å². The number of aromatic amines is 1. The molecule has 0 bridgehead atoms. The third-order valence-electron chi connectivity index (χ3n) is 6.11. The second kappa shape index (κ2) is 9.44. The third kappa shape index (κ3) is 4.48. The van der Waals surface area contributed by atoms with E-state index in [1.165, 1.54) is 5.56 Å². The predicted octanol–water partition coefficient (Wildman–Crippen LogP) is 3.49. The summed E-state index contributed by atoms with van der Waals surface area (Å²) in [6.07, 6.45) is 0. The fourth-order valence-electron chi connectivity index (χ4n) is 4.60. The molecule has 4 rings (SSSR count). The minimum atomic E-state index is -0.120. The second-order valence-electron chi connectivity index (χ2n) is 8.08. The van der Waals surface area contributed by atoms with E-state index in [9.17, 15) is 4.79 Å². The van der Waals surface area contributed by atoms with Crippen LogP contribution in [0, 0.1) is 6.92 Å². The van der Waals surface area contributed by atoms with Crippen molar-refractivity contribution in [3.63, 3.8) is 0 Å². The Morgan fingerprint density at radius 3 is 2.22 bits per heavy atom. The Labute approximate surface area is 188 Å². The number of nitrogens with zero attached hydrogens (tertiary/aromatic N) is 2. The Kier molecular flexibility index (Phi) is 6.46. The number of methoxy groups -OCH3 is 3. The Hall–Kier alpha value is -3.32. The quantitative estimate of drug-likeness (QED) is 0.612. The average molecular weight is 436 g/mol. The van der Waals surface area contributed by atoms with Crippen molar-refractivity contribution in [2.24, 2.45) is 0 Å². The fraction of sp³-hybridized carbons (Fsp3) is 0.360. The Bertz CT molecular complexity index is 1100. The summed E-state index contributed by atoms with van der Waals surface area (Å²) >= 11 is 0. The van der Waals surface area contributed by atoms with Crippen LogP contribution in [0.3, 0.4) is 0 Å². The Balaban J connectivity index is 1.69. The van der Waals surface area contributed by atoms with Crippen molar-refractivity contribution in [3.05, 3.63) is 81.5 Å². The summed E-state index contributed by atoms with van der Waals surface area (Å²) in [4.78, 5) is 22.0. The number of hydrogen-bond acceptors (Lipinski definition) is 6. The summed E-state index contributed by atoms with van der Waals surface area (Å²) in [5.74, 6) is 3.34. The summed E-state index contributed by atoms with van der Waals surface area (Å²) in [5, 5.41) is 0. The van der Waals surface area contributed by atoms with Crippen LogP contribution in [0.2, 0.25) is 0 Å². The monoisotopic (exact) mass is 435 g/mol. The van der Waals surface area contributed by atoms with Gasteiger partial charge in [0.1, 0.15) is 23.1 Å². The standard InChI is InChI=1S/C25H29N3O4/c1-16-26-22(12-25(29)27-16)20-14-28(13-19(20)17-8-10-18(30-2)11-9-17)15-21-23(31-3)6-5-7-24(21)32-4/h5-12,19-20H,13-15H2,1-4H3,(H,26,27,29)/t19-,20+/m0/s1. The molecule has 0 spiro atoms. The van der Waals surface area contributed by atoms with E-state index in [0.29, 0.717) is 12.4 Å². The zero-order valence-electron chi connectivity index (χ0n) is 18.9. The summed E-state index contributed by atoms with van der Waals surface area (Å²) in [6.45, 7) is 4.09. The van der Waals surface area contributed by atoms with Gasteiger partial charge in [0.05, 0.1) is 32.6 Å². The maximum absolute atomic E-state index is 12.2. The van der Waals surface area contributed by atoms with Gasteiger partial charge in [0.25, 0.3) is 5.56 Å². The third-order valence-corrected chi connectivity index (χ3v) is 6.11. The van der Waals surface area contributed by atoms with Crippen LogP contribution in [-0.2, 0) is 6.54 Å². The molecule has 1 fully saturated rings. The van der Waals surface area contributed by atoms with E-state index in [4.69, 9.17) is 14.2 Å². The van der Waals surface area contributed by atoms with Gasteiger partial charge in [0.15, 0.2) is 0 Å². The van der Waals surface area contributed by atoms with Gasteiger partial charge in [-0.05, 0) is 36.8 Å². The lowest BCUT2D eigenvalue weighted by atomic mass is 9.86. The van der Waals surface area contributed by atoms with Crippen molar-refractivity contribution < 1.29 is 14.2 Å². The van der Waals surface area contributed by atoms with Crippen molar-refractivity contribution in [1.29, 1.82) is 0 Å². The van der Waals surface area contributed by atoms with Crippen LogP contribution in [0.4, 0.5) is 0 Å². The Morgan fingerprint density at radius 1 is 0.969 bits per heavy atom. The van der Waals surface area contributed by atoms with Gasteiger partial charge in [0.2, 0.25) is 0 Å². The topological polar surface area (TPSA) is 76.7 Å². The summed E-state index contributed by atoms with van der Waals surface area (Å²) in [6, 6.07) is 15.6. The van der Waals surface area contributed by atoms with E-state index in [1.807, 2.05) is 37.3 Å². The Morgan fingerprint density at radius 2 is 1.62 bits per heavy atom. The summed E-state index contributed by atoms with van der Waals surface area (Å²) in [5.41, 5.74) is 2.92. The minimum Gasteiger partial charge on any atom is -0.497 e. The lowest BCUT2D eigenvalue weighted by molar-refractivity contribution is 0.303. The van der Waals surface area contributed by atoms with Crippen LogP contribution < -0.4 is 19.8 Å². The van der Waals surface area contributed by atoms with Gasteiger partial charge in [-0.3, -0.25) is 9.69 Å². The maximum Gasteiger partial charge on any atom is 0.251 e. The number of benzene rings is 2. The van der Waals surface area contributed by atoms with Crippen molar-refractivity contribution in [1.82, 2.24) is 14.9 Å². The van der Waals surface area contributed by atoms with Crippen molar-refractivity contribution in [2.45, 2.75) is 25.3 Å². The zero-order chi connectivity index (χ0) is 22.7. The van der Waals surface area contributed by atoms with E-state index in [-0.39, 0.29) is 17.4 Å². The molecule has 2 atom stereocenters. The lowest BCUT2D eigenvalue weighted by Crippen LogP contribution is -2.21. The molecule has 0 aliphatic carbocycles. The molecular formula is C25H29N3O4. The van der Waals surface area contributed by atoms with E-state index in [1.54, 1.807) is 27.4 Å². The highest BCUT2D eigenvalue weighted by Gasteiger charge is 2.36. The molecule has 2 heterocycles. The SMILES string of the molecule is COc1ccc([C@@H]2CN(Cc3c(OC)cccc3OC)C[C@H]2c2cc(=O)[nH]c(C)n2)cc1. The highest BCUT2D eigenvalue weighted by Crippen LogP contribution is 2.41. The number of rotatable bonds is 7. The predicted molar refractivity (Wildman–Crippen MR) is 123 cm³/mol.